The number of aromatic nitrogens is 4. The van der Waals surface area contributed by atoms with Crippen molar-refractivity contribution < 1.29 is 0 Å². The van der Waals surface area contributed by atoms with Gasteiger partial charge in [-0.1, -0.05) is 53.7 Å². The van der Waals surface area contributed by atoms with E-state index in [1.54, 1.807) is 11.8 Å². The summed E-state index contributed by atoms with van der Waals surface area (Å²) in [6.07, 6.45) is 0. The van der Waals surface area contributed by atoms with Crippen LogP contribution in [0.5, 0.6) is 0 Å². The van der Waals surface area contributed by atoms with Crippen LogP contribution in [0.4, 0.5) is 0 Å². The largest absolute Gasteiger partial charge is 0.354 e. The zero-order valence-electron chi connectivity index (χ0n) is 13.3. The van der Waals surface area contributed by atoms with Gasteiger partial charge in [0, 0.05) is 21.5 Å². The molecule has 0 bridgehead atoms. The Kier molecular flexibility index (Phi) is 3.29. The summed E-state index contributed by atoms with van der Waals surface area (Å²) in [7, 11) is 0. The van der Waals surface area contributed by atoms with E-state index in [-0.39, 0.29) is 5.37 Å². The third-order valence-electron chi connectivity index (χ3n) is 4.41. The fraction of sp³-hybridized carbons (Fsp3) is 0.111. The van der Waals surface area contributed by atoms with Crippen molar-refractivity contribution in [2.45, 2.75) is 17.5 Å². The van der Waals surface area contributed by atoms with Gasteiger partial charge in [0.25, 0.3) is 0 Å². The Morgan fingerprint density at radius 3 is 2.68 bits per heavy atom. The molecule has 0 fully saturated rings. The van der Waals surface area contributed by atoms with Crippen molar-refractivity contribution in [3.05, 3.63) is 64.9 Å². The summed E-state index contributed by atoms with van der Waals surface area (Å²) >= 11 is 7.74. The lowest BCUT2D eigenvalue weighted by molar-refractivity contribution is 0.765. The van der Waals surface area contributed by atoms with Gasteiger partial charge in [-0.15, -0.1) is 10.2 Å². The van der Waals surface area contributed by atoms with Gasteiger partial charge in [0.15, 0.2) is 0 Å². The molecular weight excluding hydrogens is 354 g/mol. The van der Waals surface area contributed by atoms with Crippen LogP contribution in [0.15, 0.2) is 53.7 Å². The summed E-state index contributed by atoms with van der Waals surface area (Å²) in [5, 5.41) is 11.2. The number of aryl methyl sites for hydroxylation is 1. The fourth-order valence-corrected chi connectivity index (χ4v) is 4.46. The first-order valence-electron chi connectivity index (χ1n) is 7.92. The molecule has 4 aromatic rings. The highest BCUT2D eigenvalue weighted by Gasteiger charge is 2.30. The number of rotatable bonds is 2. The van der Waals surface area contributed by atoms with E-state index in [4.69, 9.17) is 11.6 Å². The first kappa shape index (κ1) is 14.9. The summed E-state index contributed by atoms with van der Waals surface area (Å²) in [5.41, 5.74) is 8.04. The van der Waals surface area contributed by atoms with Gasteiger partial charge < -0.3 is 10.4 Å². The van der Waals surface area contributed by atoms with E-state index in [1.165, 1.54) is 10.9 Å². The second kappa shape index (κ2) is 5.54. The van der Waals surface area contributed by atoms with Crippen LogP contribution in [0.1, 0.15) is 16.8 Å². The molecule has 124 valence electrons. The first-order chi connectivity index (χ1) is 12.2. The minimum Gasteiger partial charge on any atom is -0.354 e. The van der Waals surface area contributed by atoms with E-state index in [2.05, 4.69) is 38.8 Å². The molecule has 5 rings (SSSR count). The molecule has 2 aromatic heterocycles. The molecule has 0 radical (unpaired) electrons. The molecular formula is C18H14ClN5S. The van der Waals surface area contributed by atoms with Gasteiger partial charge >= 0.3 is 0 Å². The topological polar surface area (TPSA) is 58.5 Å². The molecule has 1 unspecified atom stereocenters. The van der Waals surface area contributed by atoms with Gasteiger partial charge in [-0.3, -0.25) is 0 Å². The summed E-state index contributed by atoms with van der Waals surface area (Å²) in [4.78, 5) is 3.57. The average Bonchev–Trinajstić information content (AvgIpc) is 3.29. The number of benzene rings is 2. The monoisotopic (exact) mass is 367 g/mol. The van der Waals surface area contributed by atoms with E-state index < -0.39 is 0 Å². The van der Waals surface area contributed by atoms with Gasteiger partial charge in [0.1, 0.15) is 11.2 Å². The van der Waals surface area contributed by atoms with Crippen molar-refractivity contribution in [3.63, 3.8) is 0 Å². The molecule has 1 aliphatic rings. The average molecular weight is 368 g/mol. The minimum atomic E-state index is 0.0611. The molecule has 0 saturated carbocycles. The molecule has 1 atom stereocenters. The van der Waals surface area contributed by atoms with Crippen molar-refractivity contribution in [2.24, 2.45) is 0 Å². The summed E-state index contributed by atoms with van der Waals surface area (Å²) in [6.45, 7) is 1.95. The number of halogens is 1. The molecule has 3 heterocycles. The Morgan fingerprint density at radius 1 is 1.08 bits per heavy atom. The predicted molar refractivity (Wildman–Crippen MR) is 101 cm³/mol. The molecule has 2 aromatic carbocycles. The first-order valence-corrected chi connectivity index (χ1v) is 9.18. The Morgan fingerprint density at radius 2 is 1.88 bits per heavy atom. The number of para-hydroxylation sites is 1. The molecule has 0 aliphatic carbocycles. The summed E-state index contributed by atoms with van der Waals surface area (Å²) in [5.74, 6) is 0.859. The maximum atomic E-state index is 6.06. The smallest absolute Gasteiger partial charge is 0.212 e. The van der Waals surface area contributed by atoms with Gasteiger partial charge in [0.05, 0.1) is 5.69 Å². The second-order valence-corrected chi connectivity index (χ2v) is 7.47. The Labute approximate surface area is 153 Å². The van der Waals surface area contributed by atoms with E-state index in [0.29, 0.717) is 0 Å². The van der Waals surface area contributed by atoms with Crippen LogP contribution >= 0.6 is 23.4 Å². The lowest BCUT2D eigenvalue weighted by Gasteiger charge is -2.13. The van der Waals surface area contributed by atoms with Crippen LogP contribution < -0.4 is 5.43 Å². The Balaban J connectivity index is 1.69. The summed E-state index contributed by atoms with van der Waals surface area (Å²) < 4.78 is 1.95. The molecule has 25 heavy (non-hydrogen) atoms. The van der Waals surface area contributed by atoms with Gasteiger partial charge in [-0.2, -0.15) is 0 Å². The number of H-pyrrole nitrogens is 1. The number of aromatic amines is 1. The molecule has 7 heteroatoms. The van der Waals surface area contributed by atoms with Crippen molar-refractivity contribution in [3.8, 4) is 11.3 Å². The Bertz CT molecular complexity index is 1080. The van der Waals surface area contributed by atoms with E-state index >= 15 is 0 Å². The predicted octanol–water partition coefficient (Wildman–Crippen LogP) is 4.74. The van der Waals surface area contributed by atoms with Crippen LogP contribution in [0.25, 0.3) is 22.2 Å². The number of thioether (sulfide) groups is 1. The maximum absolute atomic E-state index is 6.06. The van der Waals surface area contributed by atoms with Gasteiger partial charge in [0.2, 0.25) is 5.16 Å². The minimum absolute atomic E-state index is 0.0611. The maximum Gasteiger partial charge on any atom is 0.212 e. The molecule has 0 saturated heterocycles. The van der Waals surface area contributed by atoms with E-state index in [0.717, 1.165) is 32.8 Å². The standard InChI is InChI=1S/C18H14ClN5S/c1-10-21-22-18-24(10)23-17(25-18)15-13-4-2-3-5-14(13)20-16(15)11-6-8-12(19)9-7-11/h2-9,17,20,23H,1H3. The van der Waals surface area contributed by atoms with Crippen LogP contribution in [0.3, 0.4) is 0 Å². The second-order valence-electron chi connectivity index (χ2n) is 5.96. The lowest BCUT2D eigenvalue weighted by atomic mass is 10.1. The SMILES string of the molecule is Cc1nnc2n1NC(c1c(-c3ccc(Cl)cc3)[nH]c3ccccc13)S2. The number of fused-ring (bicyclic) bond motifs is 2. The highest BCUT2D eigenvalue weighted by atomic mass is 35.5. The quantitative estimate of drug-likeness (QED) is 0.537. The van der Waals surface area contributed by atoms with E-state index in [1.807, 2.05) is 41.9 Å². The number of hydrogen-bond acceptors (Lipinski definition) is 4. The van der Waals surface area contributed by atoms with Gasteiger partial charge in [-0.25, -0.2) is 4.68 Å². The molecule has 2 N–H and O–H groups in total. The van der Waals surface area contributed by atoms with Crippen LogP contribution in [0.2, 0.25) is 5.02 Å². The summed E-state index contributed by atoms with van der Waals surface area (Å²) in [6, 6.07) is 16.3. The van der Waals surface area contributed by atoms with E-state index in [9.17, 15) is 0 Å². The van der Waals surface area contributed by atoms with Crippen molar-refractivity contribution in [2.75, 3.05) is 5.43 Å². The molecule has 1 aliphatic heterocycles. The highest BCUT2D eigenvalue weighted by Crippen LogP contribution is 2.45. The molecule has 0 spiro atoms. The lowest BCUT2D eigenvalue weighted by Crippen LogP contribution is -2.14. The third kappa shape index (κ3) is 2.33. The number of hydrogen-bond donors (Lipinski definition) is 2. The molecule has 0 amide bonds. The number of nitrogens with one attached hydrogen (secondary N) is 2. The van der Waals surface area contributed by atoms with Crippen LogP contribution in [-0.2, 0) is 0 Å². The number of nitrogens with zero attached hydrogens (tertiary/aromatic N) is 3. The zero-order chi connectivity index (χ0) is 17.0. The normalized spacial score (nSPS) is 16.2. The van der Waals surface area contributed by atoms with Crippen LogP contribution in [-0.4, -0.2) is 19.9 Å². The van der Waals surface area contributed by atoms with Crippen LogP contribution in [0, 0.1) is 6.92 Å². The molecule has 5 nitrogen and oxygen atoms in total. The van der Waals surface area contributed by atoms with Crippen molar-refractivity contribution in [1.29, 1.82) is 0 Å². The zero-order valence-corrected chi connectivity index (χ0v) is 14.9. The fourth-order valence-electron chi connectivity index (χ4n) is 3.22. The third-order valence-corrected chi connectivity index (χ3v) is 5.71. The van der Waals surface area contributed by atoms with Crippen molar-refractivity contribution >= 4 is 34.3 Å². The Hall–Kier alpha value is -2.44. The van der Waals surface area contributed by atoms with Gasteiger partial charge in [-0.05, 0) is 30.7 Å². The van der Waals surface area contributed by atoms with Crippen molar-refractivity contribution in [1.82, 2.24) is 19.9 Å². The highest BCUT2D eigenvalue weighted by molar-refractivity contribution is 7.99.